The molecule has 0 spiro atoms. The van der Waals surface area contributed by atoms with E-state index in [1.54, 1.807) is 50.2 Å². The van der Waals surface area contributed by atoms with E-state index in [-0.39, 0.29) is 29.1 Å². The fourth-order valence-electron chi connectivity index (χ4n) is 4.11. The van der Waals surface area contributed by atoms with E-state index in [1.165, 1.54) is 17.0 Å². The Morgan fingerprint density at radius 2 is 1.65 bits per heavy atom. The fourth-order valence-corrected chi connectivity index (χ4v) is 5.98. The first-order valence-electron chi connectivity index (χ1n) is 13.1. The molecule has 3 rings (SSSR count). The lowest BCUT2D eigenvalue weighted by molar-refractivity contribution is -0.139. The summed E-state index contributed by atoms with van der Waals surface area (Å²) in [6.07, 6.45) is 0. The lowest BCUT2D eigenvalue weighted by atomic mass is 10.1. The van der Waals surface area contributed by atoms with Crippen LogP contribution in [-0.4, -0.2) is 50.4 Å². The van der Waals surface area contributed by atoms with Gasteiger partial charge in [0.2, 0.25) is 11.8 Å². The van der Waals surface area contributed by atoms with Gasteiger partial charge in [0.15, 0.2) is 0 Å². The molecular weight excluding hydrogens is 594 g/mol. The maximum atomic E-state index is 14.0. The highest BCUT2D eigenvalue weighted by atomic mass is 79.9. The molecule has 0 saturated heterocycles. The van der Waals surface area contributed by atoms with Crippen LogP contribution >= 0.6 is 15.9 Å². The zero-order valence-electron chi connectivity index (χ0n) is 23.4. The molecule has 3 aromatic rings. The molecule has 0 aliphatic heterocycles. The zero-order valence-corrected chi connectivity index (χ0v) is 25.8. The topological polar surface area (TPSA) is 96.0 Å². The number of carbonyl (C=O) groups is 2. The van der Waals surface area contributed by atoms with Crippen LogP contribution in [0.1, 0.15) is 38.8 Å². The molecule has 1 atom stereocenters. The average molecular weight is 631 g/mol. The lowest BCUT2D eigenvalue weighted by Crippen LogP contribution is -2.52. The highest BCUT2D eigenvalue weighted by Gasteiger charge is 2.34. The Labute approximate surface area is 245 Å². The molecule has 8 nitrogen and oxygen atoms in total. The molecule has 0 unspecified atom stereocenters. The highest BCUT2D eigenvalue weighted by molar-refractivity contribution is 9.10. The molecule has 0 fully saturated rings. The van der Waals surface area contributed by atoms with E-state index in [4.69, 9.17) is 4.74 Å². The second-order valence-electron chi connectivity index (χ2n) is 9.72. The molecule has 40 heavy (non-hydrogen) atoms. The summed E-state index contributed by atoms with van der Waals surface area (Å²) in [6.45, 7) is 8.87. The van der Waals surface area contributed by atoms with Crippen molar-refractivity contribution in [2.75, 3.05) is 17.5 Å². The van der Waals surface area contributed by atoms with Crippen molar-refractivity contribution in [2.45, 2.75) is 58.1 Å². The van der Waals surface area contributed by atoms with Crippen molar-refractivity contribution in [3.8, 4) is 5.75 Å². The van der Waals surface area contributed by atoms with Crippen LogP contribution in [0.5, 0.6) is 5.75 Å². The Hall–Kier alpha value is -3.37. The van der Waals surface area contributed by atoms with Gasteiger partial charge in [-0.25, -0.2) is 8.42 Å². The van der Waals surface area contributed by atoms with E-state index in [0.29, 0.717) is 12.4 Å². The molecule has 2 amide bonds. The minimum atomic E-state index is -4.19. The number of amides is 2. The number of hydrogen-bond acceptors (Lipinski definition) is 5. The third-order valence-electron chi connectivity index (χ3n) is 6.16. The van der Waals surface area contributed by atoms with E-state index in [9.17, 15) is 18.0 Å². The van der Waals surface area contributed by atoms with Crippen molar-refractivity contribution in [1.82, 2.24) is 10.2 Å². The quantitative estimate of drug-likeness (QED) is 0.294. The number of ether oxygens (including phenoxy) is 1. The normalized spacial score (nSPS) is 12.1. The molecule has 214 valence electrons. The molecule has 1 N–H and O–H groups in total. The SMILES string of the molecule is CCOc1ccccc1N(CC(=O)N(Cc1cccc(Br)c1)[C@H](C)C(=O)NC(C)C)S(=O)(=O)c1ccc(C)cc1. The van der Waals surface area contributed by atoms with Gasteiger partial charge in [-0.2, -0.15) is 0 Å². The van der Waals surface area contributed by atoms with E-state index < -0.39 is 28.5 Å². The Bertz CT molecular complexity index is 1430. The molecule has 3 aromatic carbocycles. The summed E-state index contributed by atoms with van der Waals surface area (Å²) in [5, 5.41) is 2.85. The number of benzene rings is 3. The molecule has 0 aliphatic carbocycles. The Balaban J connectivity index is 2.09. The van der Waals surface area contributed by atoms with E-state index >= 15 is 0 Å². The number of carbonyl (C=O) groups excluding carboxylic acids is 2. The smallest absolute Gasteiger partial charge is 0.264 e. The van der Waals surface area contributed by atoms with Crippen LogP contribution in [0.25, 0.3) is 0 Å². The third kappa shape index (κ3) is 7.85. The van der Waals surface area contributed by atoms with Gasteiger partial charge in [-0.05, 0) is 76.6 Å². The van der Waals surface area contributed by atoms with Crippen molar-refractivity contribution >= 4 is 43.5 Å². The number of nitrogens with one attached hydrogen (secondary N) is 1. The predicted octanol–water partition coefficient (Wildman–Crippen LogP) is 5.29. The summed E-state index contributed by atoms with van der Waals surface area (Å²) in [5.41, 5.74) is 1.93. The van der Waals surface area contributed by atoms with Gasteiger partial charge in [0.1, 0.15) is 18.3 Å². The number of anilines is 1. The summed E-state index contributed by atoms with van der Waals surface area (Å²) in [6, 6.07) is 19.6. The lowest BCUT2D eigenvalue weighted by Gasteiger charge is -2.32. The highest BCUT2D eigenvalue weighted by Crippen LogP contribution is 2.33. The van der Waals surface area contributed by atoms with Gasteiger partial charge >= 0.3 is 0 Å². The van der Waals surface area contributed by atoms with Gasteiger partial charge in [-0.1, -0.05) is 57.9 Å². The molecule has 0 bridgehead atoms. The molecule has 10 heteroatoms. The number of aryl methyl sites for hydroxylation is 1. The summed E-state index contributed by atoms with van der Waals surface area (Å²) >= 11 is 3.45. The van der Waals surface area contributed by atoms with Crippen LogP contribution in [0.2, 0.25) is 0 Å². The van der Waals surface area contributed by atoms with Crippen molar-refractivity contribution < 1.29 is 22.7 Å². The maximum Gasteiger partial charge on any atom is 0.264 e. The van der Waals surface area contributed by atoms with Gasteiger partial charge in [0, 0.05) is 17.1 Å². The van der Waals surface area contributed by atoms with Crippen molar-refractivity contribution in [1.29, 1.82) is 0 Å². The molecule has 0 heterocycles. The predicted molar refractivity (Wildman–Crippen MR) is 161 cm³/mol. The monoisotopic (exact) mass is 629 g/mol. The summed E-state index contributed by atoms with van der Waals surface area (Å²) < 4.78 is 35.7. The van der Waals surface area contributed by atoms with E-state index in [0.717, 1.165) is 19.9 Å². The van der Waals surface area contributed by atoms with Crippen LogP contribution < -0.4 is 14.4 Å². The van der Waals surface area contributed by atoms with Crippen LogP contribution in [0.15, 0.2) is 82.2 Å². The third-order valence-corrected chi connectivity index (χ3v) is 8.43. The number of hydrogen-bond donors (Lipinski definition) is 1. The number of para-hydroxylation sites is 2. The first-order valence-corrected chi connectivity index (χ1v) is 15.3. The minimum absolute atomic E-state index is 0.0429. The Kier molecular flexibility index (Phi) is 10.8. The first kappa shape index (κ1) is 31.2. The van der Waals surface area contributed by atoms with Crippen molar-refractivity contribution in [3.63, 3.8) is 0 Å². The first-order chi connectivity index (χ1) is 18.9. The van der Waals surface area contributed by atoms with Crippen LogP contribution in [0.3, 0.4) is 0 Å². The van der Waals surface area contributed by atoms with E-state index in [1.807, 2.05) is 45.0 Å². The average Bonchev–Trinajstić information content (AvgIpc) is 2.90. The zero-order chi connectivity index (χ0) is 29.4. The maximum absolute atomic E-state index is 14.0. The Morgan fingerprint density at radius 1 is 0.975 bits per heavy atom. The second-order valence-corrected chi connectivity index (χ2v) is 12.5. The fraction of sp³-hybridized carbons (Fsp3) is 0.333. The van der Waals surface area contributed by atoms with Crippen LogP contribution in [0.4, 0.5) is 5.69 Å². The number of nitrogens with zero attached hydrogens (tertiary/aromatic N) is 2. The number of rotatable bonds is 12. The summed E-state index contributed by atoms with van der Waals surface area (Å²) in [4.78, 5) is 28.5. The van der Waals surface area contributed by atoms with Crippen LogP contribution in [-0.2, 0) is 26.2 Å². The van der Waals surface area contributed by atoms with Crippen molar-refractivity contribution in [2.24, 2.45) is 0 Å². The summed E-state index contributed by atoms with van der Waals surface area (Å²) in [5.74, 6) is -0.535. The molecule has 0 saturated carbocycles. The molecular formula is C30H36BrN3O5S. The largest absolute Gasteiger partial charge is 0.492 e. The molecule has 0 aliphatic rings. The van der Waals surface area contributed by atoms with Crippen LogP contribution in [0, 0.1) is 6.92 Å². The Morgan fingerprint density at radius 3 is 2.27 bits per heavy atom. The van der Waals surface area contributed by atoms with Gasteiger partial charge in [-0.15, -0.1) is 0 Å². The minimum Gasteiger partial charge on any atom is -0.492 e. The number of sulfonamides is 1. The van der Waals surface area contributed by atoms with Gasteiger partial charge in [0.05, 0.1) is 17.2 Å². The van der Waals surface area contributed by atoms with Gasteiger partial charge in [0.25, 0.3) is 10.0 Å². The van der Waals surface area contributed by atoms with E-state index in [2.05, 4.69) is 21.2 Å². The van der Waals surface area contributed by atoms with Crippen molar-refractivity contribution in [3.05, 3.63) is 88.4 Å². The van der Waals surface area contributed by atoms with Gasteiger partial charge < -0.3 is 15.0 Å². The second kappa shape index (κ2) is 13.8. The molecule has 0 radical (unpaired) electrons. The van der Waals surface area contributed by atoms with Gasteiger partial charge in [-0.3, -0.25) is 13.9 Å². The molecule has 0 aromatic heterocycles. The number of halogens is 1. The summed E-state index contributed by atoms with van der Waals surface area (Å²) in [7, 11) is -4.19. The standard InChI is InChI=1S/C30H36BrN3O5S/c1-6-39-28-13-8-7-12-27(28)34(40(37,38)26-16-14-22(4)15-17-26)20-29(35)33(23(5)30(36)32-21(2)3)19-24-10-9-11-25(31)18-24/h7-18,21,23H,6,19-20H2,1-5H3,(H,32,36)/t23-/m1/s1.